The molecule has 2 rings (SSSR count). The Hall–Kier alpha value is -2.15. The highest BCUT2D eigenvalue weighted by atomic mass is 14.8. The average molecular weight is 235 g/mol. The van der Waals surface area contributed by atoms with Crippen LogP contribution in [0, 0.1) is 0 Å². The summed E-state index contributed by atoms with van der Waals surface area (Å²) in [6.45, 7) is 5.84. The summed E-state index contributed by atoms with van der Waals surface area (Å²) in [6.07, 6.45) is 3.76. The normalized spacial score (nSPS) is 12.5. The van der Waals surface area contributed by atoms with E-state index in [1.165, 1.54) is 5.56 Å². The maximum atomic E-state index is 4.57. The van der Waals surface area contributed by atoms with Gasteiger partial charge in [-0.3, -0.25) is 4.99 Å². The van der Waals surface area contributed by atoms with Gasteiger partial charge in [0.2, 0.25) is 0 Å². The van der Waals surface area contributed by atoms with Crippen molar-refractivity contribution in [2.75, 3.05) is 0 Å². The van der Waals surface area contributed by atoms with Crippen LogP contribution >= 0.6 is 0 Å². The molecule has 0 spiro atoms. The fraction of sp³-hybridized carbons (Fsp3) is 0.118. The summed E-state index contributed by atoms with van der Waals surface area (Å²) >= 11 is 0. The van der Waals surface area contributed by atoms with Gasteiger partial charge in [-0.2, -0.15) is 0 Å². The Kier molecular flexibility index (Phi) is 4.08. The second-order valence-corrected chi connectivity index (χ2v) is 4.24. The van der Waals surface area contributed by atoms with Crippen LogP contribution < -0.4 is 0 Å². The van der Waals surface area contributed by atoms with Crippen molar-refractivity contribution in [3.05, 3.63) is 77.9 Å². The van der Waals surface area contributed by atoms with Crippen LogP contribution in [0.4, 0.5) is 0 Å². The smallest absolute Gasteiger partial charge is 0.0721 e. The highest BCUT2D eigenvalue weighted by Crippen LogP contribution is 2.15. The first-order valence-electron chi connectivity index (χ1n) is 6.10. The standard InChI is InChI=1S/C17H17N/c1-3-15-9-11-16(12-10-15)13-18-14(2)17-7-5-4-6-8-17/h3-14H,1H2,2H3/t14-/m0/s1. The lowest BCUT2D eigenvalue weighted by Gasteiger charge is -2.05. The number of rotatable bonds is 4. The molecule has 0 saturated carbocycles. The average Bonchev–Trinajstić information content (AvgIpc) is 2.46. The highest BCUT2D eigenvalue weighted by Gasteiger charge is 2.00. The van der Waals surface area contributed by atoms with Gasteiger partial charge in [-0.25, -0.2) is 0 Å². The van der Waals surface area contributed by atoms with E-state index in [1.807, 2.05) is 42.6 Å². The quantitative estimate of drug-likeness (QED) is 0.691. The first-order chi connectivity index (χ1) is 8.79. The number of benzene rings is 2. The molecule has 0 radical (unpaired) electrons. The first kappa shape index (κ1) is 12.3. The predicted octanol–water partition coefficient (Wildman–Crippen LogP) is 4.51. The Bertz CT molecular complexity index is 523. The summed E-state index contributed by atoms with van der Waals surface area (Å²) in [5.41, 5.74) is 3.48. The van der Waals surface area contributed by atoms with Gasteiger partial charge in [0.25, 0.3) is 0 Å². The molecular formula is C17H17N. The zero-order chi connectivity index (χ0) is 12.8. The maximum Gasteiger partial charge on any atom is 0.0721 e. The van der Waals surface area contributed by atoms with Gasteiger partial charge in [-0.05, 0) is 23.6 Å². The third-order valence-corrected chi connectivity index (χ3v) is 2.90. The van der Waals surface area contributed by atoms with E-state index in [1.54, 1.807) is 0 Å². The van der Waals surface area contributed by atoms with Crippen molar-refractivity contribution in [3.8, 4) is 0 Å². The molecule has 2 aromatic carbocycles. The predicted molar refractivity (Wildman–Crippen MR) is 79.0 cm³/mol. The van der Waals surface area contributed by atoms with Crippen LogP contribution in [0.5, 0.6) is 0 Å². The van der Waals surface area contributed by atoms with E-state index in [4.69, 9.17) is 0 Å². The van der Waals surface area contributed by atoms with Gasteiger partial charge < -0.3 is 0 Å². The molecule has 0 N–H and O–H groups in total. The van der Waals surface area contributed by atoms with Gasteiger partial charge in [0, 0.05) is 6.21 Å². The first-order valence-corrected chi connectivity index (χ1v) is 6.10. The zero-order valence-electron chi connectivity index (χ0n) is 10.6. The Morgan fingerprint density at radius 2 is 1.56 bits per heavy atom. The van der Waals surface area contributed by atoms with Crippen LogP contribution in [0.25, 0.3) is 6.08 Å². The molecule has 1 nitrogen and oxygen atoms in total. The second kappa shape index (κ2) is 5.97. The van der Waals surface area contributed by atoms with E-state index in [-0.39, 0.29) is 6.04 Å². The lowest BCUT2D eigenvalue weighted by atomic mass is 10.1. The lowest BCUT2D eigenvalue weighted by molar-refractivity contribution is 0.825. The Labute approximate surface area is 109 Å². The largest absolute Gasteiger partial charge is 0.285 e. The highest BCUT2D eigenvalue weighted by molar-refractivity contribution is 5.80. The molecule has 0 amide bonds. The van der Waals surface area contributed by atoms with Gasteiger partial charge in [-0.15, -0.1) is 0 Å². The number of hydrogen-bond donors (Lipinski definition) is 0. The summed E-state index contributed by atoms with van der Waals surface area (Å²) in [7, 11) is 0. The monoisotopic (exact) mass is 235 g/mol. The van der Waals surface area contributed by atoms with Gasteiger partial charge >= 0.3 is 0 Å². The Morgan fingerprint density at radius 1 is 0.944 bits per heavy atom. The zero-order valence-corrected chi connectivity index (χ0v) is 10.6. The second-order valence-electron chi connectivity index (χ2n) is 4.24. The Morgan fingerprint density at radius 3 is 2.17 bits per heavy atom. The molecule has 90 valence electrons. The van der Waals surface area contributed by atoms with Gasteiger partial charge in [0.05, 0.1) is 6.04 Å². The van der Waals surface area contributed by atoms with E-state index in [0.717, 1.165) is 11.1 Å². The molecule has 0 bridgehead atoms. The Balaban J connectivity index is 2.08. The molecule has 0 heterocycles. The summed E-state index contributed by atoms with van der Waals surface area (Å²) in [6, 6.07) is 18.7. The third kappa shape index (κ3) is 3.17. The summed E-state index contributed by atoms with van der Waals surface area (Å²) in [5.74, 6) is 0. The number of aliphatic imine (C=N–C) groups is 1. The molecule has 0 unspecified atom stereocenters. The minimum atomic E-state index is 0.185. The molecule has 18 heavy (non-hydrogen) atoms. The topological polar surface area (TPSA) is 12.4 Å². The molecule has 0 saturated heterocycles. The molecule has 0 aliphatic heterocycles. The molecule has 0 aromatic heterocycles. The van der Waals surface area contributed by atoms with Gasteiger partial charge in [0.1, 0.15) is 0 Å². The van der Waals surface area contributed by atoms with Gasteiger partial charge in [-0.1, -0.05) is 67.3 Å². The van der Waals surface area contributed by atoms with E-state index < -0.39 is 0 Å². The summed E-state index contributed by atoms with van der Waals surface area (Å²) in [5, 5.41) is 0. The number of nitrogens with zero attached hydrogens (tertiary/aromatic N) is 1. The van der Waals surface area contributed by atoms with Crippen molar-refractivity contribution in [1.82, 2.24) is 0 Å². The van der Waals surface area contributed by atoms with Crippen molar-refractivity contribution in [2.45, 2.75) is 13.0 Å². The SMILES string of the molecule is C=Cc1ccc(C=N[C@@H](C)c2ccccc2)cc1. The molecule has 0 fully saturated rings. The van der Waals surface area contributed by atoms with E-state index in [9.17, 15) is 0 Å². The summed E-state index contributed by atoms with van der Waals surface area (Å²) in [4.78, 5) is 4.57. The molecule has 2 aromatic rings. The van der Waals surface area contributed by atoms with Gasteiger partial charge in [0.15, 0.2) is 0 Å². The van der Waals surface area contributed by atoms with E-state index >= 15 is 0 Å². The van der Waals surface area contributed by atoms with Crippen LogP contribution in [0.15, 0.2) is 66.2 Å². The molecule has 1 heteroatoms. The van der Waals surface area contributed by atoms with E-state index in [2.05, 4.69) is 42.8 Å². The molecule has 0 aliphatic rings. The fourth-order valence-corrected chi connectivity index (χ4v) is 1.73. The van der Waals surface area contributed by atoms with E-state index in [0.29, 0.717) is 0 Å². The minimum Gasteiger partial charge on any atom is -0.285 e. The minimum absolute atomic E-state index is 0.185. The van der Waals surface area contributed by atoms with Crippen LogP contribution in [-0.2, 0) is 0 Å². The van der Waals surface area contributed by atoms with Crippen molar-refractivity contribution < 1.29 is 0 Å². The van der Waals surface area contributed by atoms with Crippen molar-refractivity contribution in [2.24, 2.45) is 4.99 Å². The number of hydrogen-bond acceptors (Lipinski definition) is 1. The van der Waals surface area contributed by atoms with Crippen LogP contribution in [-0.4, -0.2) is 6.21 Å². The summed E-state index contributed by atoms with van der Waals surface area (Å²) < 4.78 is 0. The maximum absolute atomic E-state index is 4.57. The van der Waals surface area contributed by atoms with Crippen LogP contribution in [0.1, 0.15) is 29.7 Å². The lowest BCUT2D eigenvalue weighted by Crippen LogP contribution is -1.90. The fourth-order valence-electron chi connectivity index (χ4n) is 1.73. The van der Waals surface area contributed by atoms with Crippen LogP contribution in [0.3, 0.4) is 0 Å². The third-order valence-electron chi connectivity index (χ3n) is 2.90. The van der Waals surface area contributed by atoms with Crippen molar-refractivity contribution in [1.29, 1.82) is 0 Å². The van der Waals surface area contributed by atoms with Crippen LogP contribution in [0.2, 0.25) is 0 Å². The molecule has 0 aliphatic carbocycles. The molecule has 1 atom stereocenters. The van der Waals surface area contributed by atoms with Crippen molar-refractivity contribution >= 4 is 12.3 Å². The molecular weight excluding hydrogens is 218 g/mol. The van der Waals surface area contributed by atoms with Crippen molar-refractivity contribution in [3.63, 3.8) is 0 Å².